The lowest BCUT2D eigenvalue weighted by Crippen LogP contribution is -2.45. The summed E-state index contributed by atoms with van der Waals surface area (Å²) in [5, 5.41) is 9.45. The van der Waals surface area contributed by atoms with E-state index in [0.29, 0.717) is 16.8 Å². The van der Waals surface area contributed by atoms with E-state index >= 15 is 0 Å². The second kappa shape index (κ2) is 8.70. The van der Waals surface area contributed by atoms with Crippen LogP contribution in [-0.4, -0.2) is 27.0 Å². The van der Waals surface area contributed by atoms with E-state index in [1.54, 1.807) is 29.3 Å². The van der Waals surface area contributed by atoms with Crippen LogP contribution in [0.1, 0.15) is 22.4 Å². The van der Waals surface area contributed by atoms with E-state index in [2.05, 4.69) is 4.98 Å². The molecule has 1 unspecified atom stereocenters. The van der Waals surface area contributed by atoms with Gasteiger partial charge in [0, 0.05) is 19.3 Å². The van der Waals surface area contributed by atoms with Crippen molar-refractivity contribution in [3.63, 3.8) is 0 Å². The van der Waals surface area contributed by atoms with Crippen molar-refractivity contribution in [2.45, 2.75) is 31.7 Å². The molecule has 1 aromatic carbocycles. The summed E-state index contributed by atoms with van der Waals surface area (Å²) in [4.78, 5) is 17.4. The molecule has 1 aliphatic rings. The molecule has 1 aliphatic heterocycles. The van der Waals surface area contributed by atoms with E-state index in [1.807, 2.05) is 0 Å². The topological polar surface area (TPSA) is 53.4 Å². The minimum absolute atomic E-state index is 0. The largest absolute Gasteiger partial charge is 0.480 e. The first-order valence-electron chi connectivity index (χ1n) is 7.40. The maximum atomic E-state index is 12.9. The molecule has 0 amide bonds. The van der Waals surface area contributed by atoms with Gasteiger partial charge in [0.1, 0.15) is 6.04 Å². The van der Waals surface area contributed by atoms with Crippen LogP contribution in [-0.2, 0) is 30.5 Å². The SMILES string of the molecule is Cl.Cl.O=C(O)C1Cc2ccc(C(F)(F)F)cc2CN1Cc1ccccn1. The number of rotatable bonds is 3. The number of aliphatic carboxylic acids is 1. The average Bonchev–Trinajstić information content (AvgIpc) is 2.53. The first-order valence-corrected chi connectivity index (χ1v) is 7.40. The summed E-state index contributed by atoms with van der Waals surface area (Å²) in [6.45, 7) is 0.417. The molecule has 1 N–H and O–H groups in total. The fourth-order valence-electron chi connectivity index (χ4n) is 2.92. The number of benzene rings is 1. The predicted molar refractivity (Wildman–Crippen MR) is 94.6 cm³/mol. The second-order valence-corrected chi connectivity index (χ2v) is 5.77. The Morgan fingerprint density at radius 2 is 1.92 bits per heavy atom. The summed E-state index contributed by atoms with van der Waals surface area (Å²) in [7, 11) is 0. The van der Waals surface area contributed by atoms with E-state index in [-0.39, 0.29) is 44.3 Å². The smallest absolute Gasteiger partial charge is 0.416 e. The molecule has 0 spiro atoms. The van der Waals surface area contributed by atoms with E-state index in [4.69, 9.17) is 0 Å². The molecule has 0 bridgehead atoms. The summed E-state index contributed by atoms with van der Waals surface area (Å²) in [6.07, 6.45) is -2.63. The molecule has 2 aromatic rings. The van der Waals surface area contributed by atoms with Crippen LogP contribution in [0.3, 0.4) is 0 Å². The Kier molecular flexibility index (Phi) is 7.44. The van der Waals surface area contributed by atoms with Gasteiger partial charge in [0.2, 0.25) is 0 Å². The van der Waals surface area contributed by atoms with E-state index < -0.39 is 23.8 Å². The van der Waals surface area contributed by atoms with Crippen molar-refractivity contribution in [2.75, 3.05) is 0 Å². The van der Waals surface area contributed by atoms with Gasteiger partial charge in [-0.15, -0.1) is 24.8 Å². The van der Waals surface area contributed by atoms with Crippen molar-refractivity contribution in [3.05, 3.63) is 65.0 Å². The molecule has 0 radical (unpaired) electrons. The normalized spacial score (nSPS) is 16.8. The van der Waals surface area contributed by atoms with Crippen molar-refractivity contribution in [1.29, 1.82) is 0 Å². The van der Waals surface area contributed by atoms with Gasteiger partial charge >= 0.3 is 12.1 Å². The van der Waals surface area contributed by atoms with Crippen molar-refractivity contribution in [1.82, 2.24) is 9.88 Å². The standard InChI is InChI=1S/C17H15F3N2O2.2ClH/c18-17(19,20)13-5-4-11-8-15(16(23)24)22(9-12(11)7-13)10-14-3-1-2-6-21-14;;/h1-7,15H,8-10H2,(H,23,24);2*1H. The van der Waals surface area contributed by atoms with Gasteiger partial charge in [-0.25, -0.2) is 0 Å². The summed E-state index contributed by atoms with van der Waals surface area (Å²) in [5.74, 6) is -0.989. The lowest BCUT2D eigenvalue weighted by atomic mass is 9.92. The van der Waals surface area contributed by atoms with E-state index in [1.165, 1.54) is 6.07 Å². The number of nitrogens with zero attached hydrogens (tertiary/aromatic N) is 2. The number of carboxylic acid groups (broad SMARTS) is 1. The molecule has 0 saturated carbocycles. The Labute approximate surface area is 160 Å². The maximum Gasteiger partial charge on any atom is 0.416 e. The molecule has 3 rings (SSSR count). The third kappa shape index (κ3) is 4.87. The molecule has 142 valence electrons. The number of pyridine rings is 1. The van der Waals surface area contributed by atoms with Gasteiger partial charge in [-0.2, -0.15) is 13.2 Å². The predicted octanol–water partition coefficient (Wildman–Crippen LogP) is 3.96. The van der Waals surface area contributed by atoms with Crippen LogP contribution in [0.5, 0.6) is 0 Å². The number of aromatic nitrogens is 1. The highest BCUT2D eigenvalue weighted by atomic mass is 35.5. The van der Waals surface area contributed by atoms with Gasteiger partial charge in [-0.05, 0) is 41.8 Å². The quantitative estimate of drug-likeness (QED) is 0.834. The van der Waals surface area contributed by atoms with Crippen LogP contribution in [0.2, 0.25) is 0 Å². The molecule has 4 nitrogen and oxygen atoms in total. The highest BCUT2D eigenvalue weighted by Crippen LogP contribution is 2.33. The first-order chi connectivity index (χ1) is 11.3. The van der Waals surface area contributed by atoms with Gasteiger partial charge < -0.3 is 5.11 Å². The zero-order chi connectivity index (χ0) is 17.3. The average molecular weight is 409 g/mol. The van der Waals surface area contributed by atoms with Crippen molar-refractivity contribution in [2.24, 2.45) is 0 Å². The molecule has 9 heteroatoms. The third-order valence-electron chi connectivity index (χ3n) is 4.14. The van der Waals surface area contributed by atoms with Crippen molar-refractivity contribution in [3.8, 4) is 0 Å². The van der Waals surface area contributed by atoms with Gasteiger partial charge in [0.15, 0.2) is 0 Å². The number of hydrogen-bond acceptors (Lipinski definition) is 3. The van der Waals surface area contributed by atoms with Crippen LogP contribution in [0.25, 0.3) is 0 Å². The molecule has 2 heterocycles. The number of hydrogen-bond donors (Lipinski definition) is 1. The highest BCUT2D eigenvalue weighted by molar-refractivity contribution is 5.85. The minimum Gasteiger partial charge on any atom is -0.480 e. The first kappa shape index (κ1) is 22.2. The van der Waals surface area contributed by atoms with Crippen LogP contribution >= 0.6 is 24.8 Å². The Balaban J connectivity index is 0.00000169. The Morgan fingerprint density at radius 3 is 2.50 bits per heavy atom. The van der Waals surface area contributed by atoms with Crippen molar-refractivity contribution >= 4 is 30.8 Å². The van der Waals surface area contributed by atoms with Crippen molar-refractivity contribution < 1.29 is 23.1 Å². The number of carbonyl (C=O) groups is 1. The van der Waals surface area contributed by atoms with E-state index in [9.17, 15) is 23.1 Å². The second-order valence-electron chi connectivity index (χ2n) is 5.77. The highest BCUT2D eigenvalue weighted by Gasteiger charge is 2.35. The molecule has 1 aromatic heterocycles. The van der Waals surface area contributed by atoms with Gasteiger partial charge in [0.05, 0.1) is 11.3 Å². The maximum absolute atomic E-state index is 12.9. The number of halogens is 5. The van der Waals surface area contributed by atoms with Crippen LogP contribution in [0, 0.1) is 0 Å². The van der Waals surface area contributed by atoms with Crippen LogP contribution in [0.4, 0.5) is 13.2 Å². The third-order valence-corrected chi connectivity index (χ3v) is 4.14. The Morgan fingerprint density at radius 1 is 1.19 bits per heavy atom. The molecule has 0 aliphatic carbocycles. The fraction of sp³-hybridized carbons (Fsp3) is 0.294. The summed E-state index contributed by atoms with van der Waals surface area (Å²) < 4.78 is 38.7. The van der Waals surface area contributed by atoms with Gasteiger partial charge in [-0.1, -0.05) is 12.1 Å². The lowest BCUT2D eigenvalue weighted by molar-refractivity contribution is -0.144. The fourth-order valence-corrected chi connectivity index (χ4v) is 2.92. The molecule has 0 saturated heterocycles. The number of fused-ring (bicyclic) bond motifs is 1. The number of alkyl halides is 3. The zero-order valence-electron chi connectivity index (χ0n) is 13.4. The molecule has 0 fully saturated rings. The zero-order valence-corrected chi connectivity index (χ0v) is 15.1. The molecular formula is C17H17Cl2F3N2O2. The Hall–Kier alpha value is -1.83. The Bertz CT molecular complexity index is 757. The molecule has 26 heavy (non-hydrogen) atoms. The van der Waals surface area contributed by atoms with Crippen LogP contribution < -0.4 is 0 Å². The summed E-state index contributed by atoms with van der Waals surface area (Å²) in [6, 6.07) is 8.02. The summed E-state index contributed by atoms with van der Waals surface area (Å²) >= 11 is 0. The summed E-state index contributed by atoms with van der Waals surface area (Å²) in [5.41, 5.74) is 1.12. The molecule has 1 atom stereocenters. The van der Waals surface area contributed by atoms with Crippen LogP contribution in [0.15, 0.2) is 42.6 Å². The lowest BCUT2D eigenvalue weighted by Gasteiger charge is -2.34. The minimum atomic E-state index is -4.41. The van der Waals surface area contributed by atoms with E-state index in [0.717, 1.165) is 12.1 Å². The monoisotopic (exact) mass is 408 g/mol. The number of carboxylic acids is 1. The van der Waals surface area contributed by atoms with Gasteiger partial charge in [-0.3, -0.25) is 14.7 Å². The van der Waals surface area contributed by atoms with Gasteiger partial charge in [0.25, 0.3) is 0 Å². The molecular weight excluding hydrogens is 392 g/mol.